The number of anilines is 1. The summed E-state index contributed by atoms with van der Waals surface area (Å²) in [5, 5.41) is 2.92. The number of rotatable bonds is 2. The van der Waals surface area contributed by atoms with Crippen molar-refractivity contribution in [3.05, 3.63) is 23.8 Å². The number of benzene rings is 1. The van der Waals surface area contributed by atoms with Crippen LogP contribution >= 0.6 is 0 Å². The minimum atomic E-state index is -0.116. The van der Waals surface area contributed by atoms with Crippen LogP contribution in [0.5, 0.6) is 5.75 Å². The summed E-state index contributed by atoms with van der Waals surface area (Å²) in [6.07, 6.45) is 0.0504. The van der Waals surface area contributed by atoms with E-state index in [0.29, 0.717) is 24.6 Å². The van der Waals surface area contributed by atoms with Crippen LogP contribution in [-0.2, 0) is 4.74 Å². The van der Waals surface area contributed by atoms with Gasteiger partial charge in [-0.2, -0.15) is 0 Å². The van der Waals surface area contributed by atoms with Gasteiger partial charge in [-0.25, -0.2) is 4.79 Å². The molecule has 0 saturated carbocycles. The largest absolute Gasteiger partial charge is 0.495 e. The molecule has 2 rings (SSSR count). The molecule has 2 amide bonds. The number of nitrogens with zero attached hydrogens (tertiary/aromatic N) is 1. The Hall–Kier alpha value is -1.75. The second kappa shape index (κ2) is 6.13. The summed E-state index contributed by atoms with van der Waals surface area (Å²) in [6.45, 7) is 7.14. The summed E-state index contributed by atoms with van der Waals surface area (Å²) in [6, 6.07) is 5.65. The van der Waals surface area contributed by atoms with Crippen LogP contribution in [0.2, 0.25) is 0 Å². The molecule has 1 aromatic rings. The summed E-state index contributed by atoms with van der Waals surface area (Å²) in [5.74, 6) is 0.673. The molecule has 2 atom stereocenters. The molecule has 1 N–H and O–H groups in total. The number of carbonyl (C=O) groups excluding carboxylic acids is 1. The first-order chi connectivity index (χ1) is 9.52. The maximum Gasteiger partial charge on any atom is 0.322 e. The summed E-state index contributed by atoms with van der Waals surface area (Å²) in [7, 11) is 1.60. The third kappa shape index (κ3) is 3.04. The topological polar surface area (TPSA) is 50.8 Å². The Morgan fingerprint density at radius 3 is 2.90 bits per heavy atom. The lowest BCUT2D eigenvalue weighted by Crippen LogP contribution is -2.52. The lowest BCUT2D eigenvalue weighted by atomic mass is 10.1. The Morgan fingerprint density at radius 1 is 1.45 bits per heavy atom. The number of aryl methyl sites for hydroxylation is 1. The standard InChI is InChI=1S/C15H22N2O3/c1-10-5-6-13(14(9-10)19-4)16-15(18)17-7-8-20-12(3)11(17)2/h5-6,9,11-12H,7-8H2,1-4H3,(H,16,18)/t11-,12+/m1/s1. The van der Waals surface area contributed by atoms with Gasteiger partial charge in [0.25, 0.3) is 0 Å². The zero-order valence-electron chi connectivity index (χ0n) is 12.5. The third-order valence-corrected chi connectivity index (χ3v) is 3.74. The SMILES string of the molecule is COc1cc(C)ccc1NC(=O)N1CCO[C@@H](C)[C@H]1C. The Balaban J connectivity index is 2.11. The van der Waals surface area contributed by atoms with Gasteiger partial charge in [0.1, 0.15) is 5.75 Å². The summed E-state index contributed by atoms with van der Waals surface area (Å²) < 4.78 is 10.8. The van der Waals surface area contributed by atoms with Crippen LogP contribution in [0.3, 0.4) is 0 Å². The minimum absolute atomic E-state index is 0.0504. The van der Waals surface area contributed by atoms with Crippen LogP contribution in [0.1, 0.15) is 19.4 Å². The highest BCUT2D eigenvalue weighted by Gasteiger charge is 2.29. The molecule has 1 fully saturated rings. The van der Waals surface area contributed by atoms with E-state index in [1.165, 1.54) is 0 Å². The number of morpholine rings is 1. The molecular formula is C15H22N2O3. The van der Waals surface area contributed by atoms with E-state index in [1.807, 2.05) is 39.0 Å². The Morgan fingerprint density at radius 2 is 2.20 bits per heavy atom. The first kappa shape index (κ1) is 14.7. The van der Waals surface area contributed by atoms with Crippen LogP contribution in [0.15, 0.2) is 18.2 Å². The molecule has 0 spiro atoms. The average Bonchev–Trinajstić information content (AvgIpc) is 2.43. The first-order valence-corrected chi connectivity index (χ1v) is 6.86. The van der Waals surface area contributed by atoms with Crippen LogP contribution in [0.4, 0.5) is 10.5 Å². The van der Waals surface area contributed by atoms with Crippen LogP contribution in [0.25, 0.3) is 0 Å². The van der Waals surface area contributed by atoms with E-state index >= 15 is 0 Å². The monoisotopic (exact) mass is 278 g/mol. The fourth-order valence-corrected chi connectivity index (χ4v) is 2.31. The number of methoxy groups -OCH3 is 1. The average molecular weight is 278 g/mol. The molecular weight excluding hydrogens is 256 g/mol. The van der Waals surface area contributed by atoms with E-state index in [-0.39, 0.29) is 18.2 Å². The van der Waals surface area contributed by atoms with Gasteiger partial charge >= 0.3 is 6.03 Å². The highest BCUT2D eigenvalue weighted by atomic mass is 16.5. The molecule has 1 aliphatic rings. The number of carbonyl (C=O) groups is 1. The second-order valence-corrected chi connectivity index (χ2v) is 5.14. The van der Waals surface area contributed by atoms with Crippen LogP contribution < -0.4 is 10.1 Å². The number of nitrogens with one attached hydrogen (secondary N) is 1. The van der Waals surface area contributed by atoms with Gasteiger partial charge in [0, 0.05) is 6.54 Å². The number of hydrogen-bond donors (Lipinski definition) is 1. The molecule has 0 aromatic heterocycles. The fourth-order valence-electron chi connectivity index (χ4n) is 2.31. The smallest absolute Gasteiger partial charge is 0.322 e. The lowest BCUT2D eigenvalue weighted by molar-refractivity contribution is -0.0355. The molecule has 1 aromatic carbocycles. The van der Waals surface area contributed by atoms with Crippen molar-refractivity contribution in [1.29, 1.82) is 0 Å². The quantitative estimate of drug-likeness (QED) is 0.904. The molecule has 1 saturated heterocycles. The van der Waals surface area contributed by atoms with Gasteiger partial charge in [0.05, 0.1) is 31.5 Å². The van der Waals surface area contributed by atoms with Crippen molar-refractivity contribution in [3.63, 3.8) is 0 Å². The van der Waals surface area contributed by atoms with Crippen molar-refractivity contribution in [2.24, 2.45) is 0 Å². The van der Waals surface area contributed by atoms with Crippen molar-refractivity contribution in [2.75, 3.05) is 25.6 Å². The van der Waals surface area contributed by atoms with E-state index in [0.717, 1.165) is 5.56 Å². The van der Waals surface area contributed by atoms with Gasteiger partial charge in [-0.1, -0.05) is 6.07 Å². The van der Waals surface area contributed by atoms with Crippen LogP contribution in [0, 0.1) is 6.92 Å². The molecule has 0 bridgehead atoms. The minimum Gasteiger partial charge on any atom is -0.495 e. The van der Waals surface area contributed by atoms with Crippen molar-refractivity contribution < 1.29 is 14.3 Å². The predicted octanol–water partition coefficient (Wildman–Crippen LogP) is 2.64. The van der Waals surface area contributed by atoms with E-state index in [2.05, 4.69) is 5.32 Å². The summed E-state index contributed by atoms with van der Waals surface area (Å²) in [5.41, 5.74) is 1.78. The molecule has 0 aliphatic carbocycles. The molecule has 0 unspecified atom stereocenters. The van der Waals surface area contributed by atoms with Gasteiger partial charge in [-0.15, -0.1) is 0 Å². The Labute approximate surface area is 119 Å². The van der Waals surface area contributed by atoms with Crippen LogP contribution in [-0.4, -0.2) is 43.3 Å². The van der Waals surface area contributed by atoms with Gasteiger partial charge in [-0.05, 0) is 38.5 Å². The number of urea groups is 1. The number of amides is 2. The first-order valence-electron chi connectivity index (χ1n) is 6.86. The van der Waals surface area contributed by atoms with Crippen molar-refractivity contribution in [3.8, 4) is 5.75 Å². The lowest BCUT2D eigenvalue weighted by Gasteiger charge is -2.37. The maximum absolute atomic E-state index is 12.4. The molecule has 5 nitrogen and oxygen atoms in total. The molecule has 0 radical (unpaired) electrons. The summed E-state index contributed by atoms with van der Waals surface area (Å²) >= 11 is 0. The number of ether oxygens (including phenoxy) is 2. The Bertz CT molecular complexity index is 490. The highest BCUT2D eigenvalue weighted by molar-refractivity contribution is 5.91. The Kier molecular flexibility index (Phi) is 4.49. The molecule has 5 heteroatoms. The fraction of sp³-hybridized carbons (Fsp3) is 0.533. The van der Waals surface area contributed by atoms with E-state index < -0.39 is 0 Å². The van der Waals surface area contributed by atoms with Crippen molar-refractivity contribution >= 4 is 11.7 Å². The maximum atomic E-state index is 12.4. The molecule has 110 valence electrons. The summed E-state index contributed by atoms with van der Waals surface area (Å²) in [4.78, 5) is 14.2. The zero-order valence-corrected chi connectivity index (χ0v) is 12.5. The molecule has 20 heavy (non-hydrogen) atoms. The second-order valence-electron chi connectivity index (χ2n) is 5.14. The normalized spacial score (nSPS) is 22.5. The van der Waals surface area contributed by atoms with Crippen molar-refractivity contribution in [2.45, 2.75) is 32.9 Å². The van der Waals surface area contributed by atoms with E-state index in [1.54, 1.807) is 12.0 Å². The molecule has 1 heterocycles. The molecule has 1 aliphatic heterocycles. The van der Waals surface area contributed by atoms with Gasteiger partial charge in [0.15, 0.2) is 0 Å². The van der Waals surface area contributed by atoms with Gasteiger partial charge in [-0.3, -0.25) is 0 Å². The van der Waals surface area contributed by atoms with E-state index in [4.69, 9.17) is 9.47 Å². The van der Waals surface area contributed by atoms with Gasteiger partial charge < -0.3 is 19.7 Å². The zero-order chi connectivity index (χ0) is 14.7. The predicted molar refractivity (Wildman–Crippen MR) is 78.3 cm³/mol. The van der Waals surface area contributed by atoms with Gasteiger partial charge in [0.2, 0.25) is 0 Å². The van der Waals surface area contributed by atoms with E-state index in [9.17, 15) is 4.79 Å². The number of hydrogen-bond acceptors (Lipinski definition) is 3. The third-order valence-electron chi connectivity index (χ3n) is 3.74. The van der Waals surface area contributed by atoms with Crippen molar-refractivity contribution in [1.82, 2.24) is 4.90 Å². The highest BCUT2D eigenvalue weighted by Crippen LogP contribution is 2.26.